The van der Waals surface area contributed by atoms with Gasteiger partial charge in [-0.05, 0) is 22.4 Å². The van der Waals surface area contributed by atoms with Crippen LogP contribution in [0.3, 0.4) is 0 Å². The van der Waals surface area contributed by atoms with Gasteiger partial charge in [0.1, 0.15) is 0 Å². The van der Waals surface area contributed by atoms with Crippen molar-refractivity contribution in [1.29, 1.82) is 0 Å². The monoisotopic (exact) mass is 315 g/mol. The summed E-state index contributed by atoms with van der Waals surface area (Å²) >= 11 is 0. The van der Waals surface area contributed by atoms with E-state index in [0.29, 0.717) is 11.3 Å². The minimum Gasteiger partial charge on any atom is -0.326 e. The van der Waals surface area contributed by atoms with E-state index in [1.807, 2.05) is 60.7 Å². The Labute approximate surface area is 140 Å². The lowest BCUT2D eigenvalue weighted by Gasteiger charge is -2.10. The van der Waals surface area contributed by atoms with E-state index in [-0.39, 0.29) is 11.7 Å². The lowest BCUT2D eigenvalue weighted by molar-refractivity contribution is -0.117. The summed E-state index contributed by atoms with van der Waals surface area (Å²) in [5, 5.41) is 4.93. The van der Waals surface area contributed by atoms with Crippen molar-refractivity contribution in [3.8, 4) is 0 Å². The summed E-state index contributed by atoms with van der Waals surface area (Å²) in [5.74, 6) is -0.359. The van der Waals surface area contributed by atoms with Gasteiger partial charge in [0, 0.05) is 18.6 Å². The Bertz CT molecular complexity index is 927. The number of carbonyl (C=O) groups is 2. The van der Waals surface area contributed by atoms with Crippen LogP contribution in [0.1, 0.15) is 22.8 Å². The average Bonchev–Trinajstić information content (AvgIpc) is 2.61. The maximum atomic E-state index is 12.4. The third-order valence-corrected chi connectivity index (χ3v) is 3.70. The molecule has 0 atom stereocenters. The molecule has 0 saturated heterocycles. The first-order valence-electron chi connectivity index (χ1n) is 7.71. The summed E-state index contributed by atoms with van der Waals surface area (Å²) in [4.78, 5) is 24.0. The van der Waals surface area contributed by atoms with E-state index in [1.54, 1.807) is 12.1 Å². The van der Waals surface area contributed by atoms with E-state index < -0.39 is 0 Å². The quantitative estimate of drug-likeness (QED) is 0.579. The van der Waals surface area contributed by atoms with Crippen LogP contribution in [0.2, 0.25) is 0 Å². The van der Waals surface area contributed by atoms with Gasteiger partial charge in [0.15, 0.2) is 5.78 Å². The predicted molar refractivity (Wildman–Crippen MR) is 96.5 cm³/mol. The van der Waals surface area contributed by atoms with Crippen LogP contribution >= 0.6 is 0 Å². The third-order valence-electron chi connectivity index (χ3n) is 3.70. The van der Waals surface area contributed by atoms with Crippen LogP contribution in [0, 0.1) is 0 Å². The maximum absolute atomic E-state index is 12.4. The van der Waals surface area contributed by atoms with Gasteiger partial charge in [-0.15, -0.1) is 0 Å². The van der Waals surface area contributed by atoms with Gasteiger partial charge in [-0.25, -0.2) is 0 Å². The number of amides is 1. The van der Waals surface area contributed by atoms with Gasteiger partial charge in [0.2, 0.25) is 5.91 Å². The highest BCUT2D eigenvalue weighted by Gasteiger charge is 2.09. The molecule has 0 aliphatic rings. The molecular weight excluding hydrogens is 298 g/mol. The van der Waals surface area contributed by atoms with Crippen LogP contribution in [0.25, 0.3) is 16.5 Å². The Hall–Kier alpha value is -3.20. The molecule has 3 nitrogen and oxygen atoms in total. The minimum atomic E-state index is -0.213. The molecule has 0 fully saturated rings. The fraction of sp³-hybridized carbons (Fsp3) is 0.0476. The molecule has 0 spiro atoms. The number of benzene rings is 3. The van der Waals surface area contributed by atoms with Gasteiger partial charge >= 0.3 is 0 Å². The molecule has 24 heavy (non-hydrogen) atoms. The number of ketones is 1. The first-order chi connectivity index (χ1) is 11.6. The van der Waals surface area contributed by atoms with Crippen LogP contribution < -0.4 is 5.32 Å². The molecule has 0 saturated carbocycles. The minimum absolute atomic E-state index is 0.146. The summed E-state index contributed by atoms with van der Waals surface area (Å²) in [6.07, 6.45) is 1.47. The number of allylic oxidation sites excluding steroid dienone is 1. The molecule has 0 aliphatic heterocycles. The van der Waals surface area contributed by atoms with E-state index in [9.17, 15) is 9.59 Å². The zero-order chi connectivity index (χ0) is 16.9. The fourth-order valence-electron chi connectivity index (χ4n) is 2.55. The number of nitrogens with one attached hydrogen (secondary N) is 1. The van der Waals surface area contributed by atoms with Crippen molar-refractivity contribution in [3.63, 3.8) is 0 Å². The Kier molecular flexibility index (Phi) is 4.52. The van der Waals surface area contributed by atoms with Crippen molar-refractivity contribution in [2.24, 2.45) is 0 Å². The molecule has 3 aromatic rings. The molecule has 1 N–H and O–H groups in total. The second kappa shape index (κ2) is 6.92. The van der Waals surface area contributed by atoms with Gasteiger partial charge in [-0.1, -0.05) is 66.7 Å². The maximum Gasteiger partial charge on any atom is 0.221 e. The summed E-state index contributed by atoms with van der Waals surface area (Å²) in [6, 6.07) is 22.8. The van der Waals surface area contributed by atoms with Crippen LogP contribution in [-0.2, 0) is 4.79 Å². The van der Waals surface area contributed by atoms with E-state index >= 15 is 0 Å². The van der Waals surface area contributed by atoms with Crippen LogP contribution in [0.15, 0.2) is 78.9 Å². The Morgan fingerprint density at radius 1 is 0.792 bits per heavy atom. The van der Waals surface area contributed by atoms with E-state index in [1.165, 1.54) is 13.0 Å². The fourth-order valence-corrected chi connectivity index (χ4v) is 2.55. The van der Waals surface area contributed by atoms with Crippen LogP contribution in [0.5, 0.6) is 0 Å². The lowest BCUT2D eigenvalue weighted by Crippen LogP contribution is -2.19. The highest BCUT2D eigenvalue weighted by molar-refractivity contribution is 6.09. The molecular formula is C21H17NO2. The summed E-state index contributed by atoms with van der Waals surface area (Å²) in [7, 11) is 0. The lowest BCUT2D eigenvalue weighted by atomic mass is 10.0. The summed E-state index contributed by atoms with van der Waals surface area (Å²) in [6.45, 7) is 1.43. The van der Waals surface area contributed by atoms with Crippen molar-refractivity contribution >= 4 is 28.2 Å². The standard InChI is InChI=1S/C21H17NO2/c1-15(23)22-20(14-21(24)17-8-3-2-4-9-17)19-12-11-16-7-5-6-10-18(16)13-19/h2-14H,1H3,(H,22,23)/b20-14-. The van der Waals surface area contributed by atoms with Crippen LogP contribution in [0.4, 0.5) is 0 Å². The molecule has 1 amide bonds. The Morgan fingerprint density at radius 3 is 2.17 bits per heavy atom. The SMILES string of the molecule is CC(=O)N/C(=C\C(=O)c1ccccc1)c1ccc2ccccc2c1. The highest BCUT2D eigenvalue weighted by atomic mass is 16.1. The molecule has 0 heterocycles. The van der Waals surface area contributed by atoms with Gasteiger partial charge in [0.05, 0.1) is 5.70 Å². The van der Waals surface area contributed by atoms with Gasteiger partial charge in [-0.2, -0.15) is 0 Å². The number of fused-ring (bicyclic) bond motifs is 1. The number of rotatable bonds is 4. The zero-order valence-corrected chi connectivity index (χ0v) is 13.3. The second-order valence-corrected chi connectivity index (χ2v) is 5.53. The molecule has 0 aromatic heterocycles. The molecule has 3 rings (SSSR count). The van der Waals surface area contributed by atoms with E-state index in [4.69, 9.17) is 0 Å². The predicted octanol–water partition coefficient (Wildman–Crippen LogP) is 4.20. The van der Waals surface area contributed by atoms with Gasteiger partial charge < -0.3 is 5.32 Å². The number of carbonyl (C=O) groups excluding carboxylic acids is 2. The molecule has 3 aromatic carbocycles. The molecule has 118 valence electrons. The molecule has 0 bridgehead atoms. The topological polar surface area (TPSA) is 46.2 Å². The van der Waals surface area contributed by atoms with Crippen molar-refractivity contribution in [2.45, 2.75) is 6.92 Å². The smallest absolute Gasteiger partial charge is 0.221 e. The first-order valence-corrected chi connectivity index (χ1v) is 7.71. The van der Waals surface area contributed by atoms with E-state index in [0.717, 1.165) is 16.3 Å². The molecule has 3 heteroatoms. The number of hydrogen-bond donors (Lipinski definition) is 1. The van der Waals surface area contributed by atoms with Crippen molar-refractivity contribution in [3.05, 3.63) is 90.0 Å². The summed E-state index contributed by atoms with van der Waals surface area (Å²) < 4.78 is 0. The van der Waals surface area contributed by atoms with E-state index in [2.05, 4.69) is 5.32 Å². The molecule has 0 unspecified atom stereocenters. The van der Waals surface area contributed by atoms with Gasteiger partial charge in [0.25, 0.3) is 0 Å². The molecule has 0 aliphatic carbocycles. The largest absolute Gasteiger partial charge is 0.326 e. The zero-order valence-electron chi connectivity index (χ0n) is 13.3. The second-order valence-electron chi connectivity index (χ2n) is 5.53. The van der Waals surface area contributed by atoms with Crippen molar-refractivity contribution in [1.82, 2.24) is 5.32 Å². The third kappa shape index (κ3) is 3.58. The Morgan fingerprint density at radius 2 is 1.46 bits per heavy atom. The number of hydrogen-bond acceptors (Lipinski definition) is 2. The van der Waals surface area contributed by atoms with Gasteiger partial charge in [-0.3, -0.25) is 9.59 Å². The Balaban J connectivity index is 2.03. The first kappa shape index (κ1) is 15.7. The van der Waals surface area contributed by atoms with Crippen molar-refractivity contribution in [2.75, 3.05) is 0 Å². The average molecular weight is 315 g/mol. The van der Waals surface area contributed by atoms with Crippen LogP contribution in [-0.4, -0.2) is 11.7 Å². The van der Waals surface area contributed by atoms with Crippen molar-refractivity contribution < 1.29 is 9.59 Å². The normalized spacial score (nSPS) is 11.3. The molecule has 0 radical (unpaired) electrons. The summed E-state index contributed by atoms with van der Waals surface area (Å²) in [5.41, 5.74) is 1.89. The highest BCUT2D eigenvalue weighted by Crippen LogP contribution is 2.20.